The van der Waals surface area contributed by atoms with Crippen LogP contribution in [0.15, 0.2) is 5.03 Å². The molecule has 2 aromatic rings. The number of thiophene rings is 1. The van der Waals surface area contributed by atoms with E-state index in [0.717, 1.165) is 54.0 Å². The number of nitrogens with zero attached hydrogens (tertiary/aromatic N) is 3. The van der Waals surface area contributed by atoms with Crippen LogP contribution in [0.1, 0.15) is 82.0 Å². The number of carbonyl (C=O) groups is 1. The molecule has 4 bridgehead atoms. The van der Waals surface area contributed by atoms with E-state index in [-0.39, 0.29) is 11.3 Å². The van der Waals surface area contributed by atoms with E-state index in [1.54, 1.807) is 11.8 Å². The first-order chi connectivity index (χ1) is 16.0. The average molecular weight is 484 g/mol. The van der Waals surface area contributed by atoms with Crippen molar-refractivity contribution in [3.05, 3.63) is 16.3 Å². The highest BCUT2D eigenvalue weighted by Crippen LogP contribution is 2.60. The minimum atomic E-state index is 0.193. The van der Waals surface area contributed by atoms with Gasteiger partial charge in [-0.25, -0.2) is 9.97 Å². The minimum Gasteiger partial charge on any atom is -0.343 e. The van der Waals surface area contributed by atoms with Gasteiger partial charge in [0.1, 0.15) is 15.7 Å². The maximum absolute atomic E-state index is 12.9. The molecule has 7 rings (SSSR count). The molecule has 0 spiro atoms. The summed E-state index contributed by atoms with van der Waals surface area (Å²) in [6, 6.07) is 0. The number of aromatic nitrogens is 2. The van der Waals surface area contributed by atoms with Crippen molar-refractivity contribution in [2.24, 2.45) is 23.7 Å². The first kappa shape index (κ1) is 22.3. The fourth-order valence-corrected chi connectivity index (χ4v) is 10.2. The van der Waals surface area contributed by atoms with Gasteiger partial charge in [-0.3, -0.25) is 4.79 Å². The number of rotatable bonds is 6. The van der Waals surface area contributed by atoms with Crippen molar-refractivity contribution in [1.82, 2.24) is 14.9 Å². The van der Waals surface area contributed by atoms with E-state index in [2.05, 4.69) is 20.8 Å². The summed E-state index contributed by atoms with van der Waals surface area (Å²) < 4.78 is 0. The predicted molar refractivity (Wildman–Crippen MR) is 137 cm³/mol. The van der Waals surface area contributed by atoms with Crippen LogP contribution in [0.25, 0.3) is 10.2 Å². The van der Waals surface area contributed by atoms with Crippen LogP contribution in [0.5, 0.6) is 0 Å². The molecule has 0 unspecified atom stereocenters. The van der Waals surface area contributed by atoms with Crippen LogP contribution in [0.4, 0.5) is 0 Å². The Bertz CT molecular complexity index is 1040. The van der Waals surface area contributed by atoms with E-state index in [0.29, 0.717) is 5.75 Å². The fraction of sp³-hybridized carbons (Fsp3) is 0.741. The molecule has 2 aromatic heterocycles. The second-order valence-corrected chi connectivity index (χ2v) is 13.5. The van der Waals surface area contributed by atoms with Crippen LogP contribution >= 0.6 is 23.1 Å². The van der Waals surface area contributed by atoms with Crippen LogP contribution in [0.2, 0.25) is 0 Å². The highest BCUT2D eigenvalue weighted by atomic mass is 32.2. The van der Waals surface area contributed by atoms with Crippen molar-refractivity contribution in [2.45, 2.75) is 89.0 Å². The van der Waals surface area contributed by atoms with Gasteiger partial charge in [-0.1, -0.05) is 18.7 Å². The Labute approximate surface area is 206 Å². The fourth-order valence-electron chi connectivity index (χ4n) is 7.83. The van der Waals surface area contributed by atoms with Crippen LogP contribution < -0.4 is 0 Å². The maximum atomic E-state index is 12.9. The van der Waals surface area contributed by atoms with Gasteiger partial charge in [-0.2, -0.15) is 0 Å². The Morgan fingerprint density at radius 3 is 2.39 bits per heavy atom. The zero-order valence-corrected chi connectivity index (χ0v) is 22.0. The smallest absolute Gasteiger partial charge is 0.232 e. The highest BCUT2D eigenvalue weighted by Gasteiger charge is 2.53. The van der Waals surface area contributed by atoms with Crippen LogP contribution in [-0.2, 0) is 23.1 Å². The molecule has 0 saturated heterocycles. The lowest BCUT2D eigenvalue weighted by molar-refractivity contribution is -0.127. The van der Waals surface area contributed by atoms with E-state index in [4.69, 9.17) is 9.97 Å². The third-order valence-electron chi connectivity index (χ3n) is 9.08. The molecule has 0 radical (unpaired) electrons. The normalized spacial score (nSPS) is 32.3. The Balaban J connectivity index is 1.41. The van der Waals surface area contributed by atoms with Gasteiger partial charge in [-0.05, 0) is 101 Å². The quantitative estimate of drug-likeness (QED) is 0.360. The number of aryl methyl sites for hydroxylation is 1. The van der Waals surface area contributed by atoms with Gasteiger partial charge in [0.2, 0.25) is 5.91 Å². The summed E-state index contributed by atoms with van der Waals surface area (Å²) in [5.74, 6) is 5.23. The molecule has 1 atom stereocenters. The number of thioether (sulfide) groups is 1. The van der Waals surface area contributed by atoms with E-state index in [1.807, 2.05) is 16.2 Å². The lowest BCUT2D eigenvalue weighted by Crippen LogP contribution is -2.49. The molecule has 6 heteroatoms. The Kier molecular flexibility index (Phi) is 5.76. The van der Waals surface area contributed by atoms with Crippen molar-refractivity contribution < 1.29 is 4.79 Å². The number of hydrogen-bond acceptors (Lipinski definition) is 5. The molecule has 178 valence electrons. The third kappa shape index (κ3) is 3.84. The molecule has 33 heavy (non-hydrogen) atoms. The van der Waals surface area contributed by atoms with E-state index in [9.17, 15) is 4.79 Å². The lowest BCUT2D eigenvalue weighted by atomic mass is 9.49. The predicted octanol–water partition coefficient (Wildman–Crippen LogP) is 6.24. The summed E-state index contributed by atoms with van der Waals surface area (Å²) in [6.07, 6.45) is 11.7. The van der Waals surface area contributed by atoms with Crippen molar-refractivity contribution in [3.8, 4) is 0 Å². The first-order valence-electron chi connectivity index (χ1n) is 13.2. The molecule has 0 aromatic carbocycles. The number of amides is 1. The topological polar surface area (TPSA) is 46.1 Å². The van der Waals surface area contributed by atoms with Crippen molar-refractivity contribution in [1.29, 1.82) is 0 Å². The number of hydrogen-bond donors (Lipinski definition) is 0. The van der Waals surface area contributed by atoms with Gasteiger partial charge in [-0.15, -0.1) is 11.3 Å². The van der Waals surface area contributed by atoms with Crippen LogP contribution in [0, 0.1) is 23.7 Å². The second-order valence-electron chi connectivity index (χ2n) is 11.4. The van der Waals surface area contributed by atoms with E-state index >= 15 is 0 Å². The molecule has 4 nitrogen and oxygen atoms in total. The van der Waals surface area contributed by atoms with Gasteiger partial charge in [0.05, 0.1) is 5.75 Å². The molecular formula is C27H37N3OS2. The zero-order valence-electron chi connectivity index (χ0n) is 20.4. The summed E-state index contributed by atoms with van der Waals surface area (Å²) >= 11 is 3.60. The van der Waals surface area contributed by atoms with Crippen LogP contribution in [-0.4, -0.2) is 39.6 Å². The minimum absolute atomic E-state index is 0.193. The SMILES string of the molecule is CCN(CC)C(=O)CSc1nc(C23CC4CC(CC(C4)C2)C3)nc2sc3c(c12)CC[C@@H](C)C3. The molecule has 4 fully saturated rings. The van der Waals surface area contributed by atoms with Crippen LogP contribution in [0.3, 0.4) is 0 Å². The highest BCUT2D eigenvalue weighted by molar-refractivity contribution is 8.00. The largest absolute Gasteiger partial charge is 0.343 e. The average Bonchev–Trinajstić information content (AvgIpc) is 3.15. The molecule has 5 aliphatic rings. The molecule has 0 aliphatic heterocycles. The number of fused-ring (bicyclic) bond motifs is 3. The Morgan fingerprint density at radius 2 is 1.76 bits per heavy atom. The monoisotopic (exact) mass is 483 g/mol. The summed E-state index contributed by atoms with van der Waals surface area (Å²) in [6.45, 7) is 8.06. The second kappa shape index (κ2) is 8.51. The van der Waals surface area contributed by atoms with Gasteiger partial charge in [0.25, 0.3) is 0 Å². The van der Waals surface area contributed by atoms with E-state index in [1.165, 1.54) is 72.0 Å². The Morgan fingerprint density at radius 1 is 1.09 bits per heavy atom. The van der Waals surface area contributed by atoms with E-state index < -0.39 is 0 Å². The van der Waals surface area contributed by atoms with Gasteiger partial charge >= 0.3 is 0 Å². The van der Waals surface area contributed by atoms with Crippen molar-refractivity contribution in [2.75, 3.05) is 18.8 Å². The van der Waals surface area contributed by atoms with Crippen molar-refractivity contribution in [3.63, 3.8) is 0 Å². The summed E-state index contributed by atoms with van der Waals surface area (Å²) in [4.78, 5) is 28.2. The summed E-state index contributed by atoms with van der Waals surface area (Å²) in [7, 11) is 0. The molecule has 2 heterocycles. The summed E-state index contributed by atoms with van der Waals surface area (Å²) in [5, 5.41) is 2.38. The van der Waals surface area contributed by atoms with Gasteiger partial charge < -0.3 is 4.90 Å². The molecular weight excluding hydrogens is 446 g/mol. The number of carbonyl (C=O) groups excluding carboxylic acids is 1. The molecule has 0 N–H and O–H groups in total. The van der Waals surface area contributed by atoms with Gasteiger partial charge in [0.15, 0.2) is 0 Å². The first-order valence-corrected chi connectivity index (χ1v) is 15.0. The standard InChI is InChI=1S/C27H37N3OS2/c1-4-30(5-2)22(31)15-32-24-23-20-7-6-16(3)8-21(20)33-25(23)29-26(28-24)27-12-17-9-18(13-27)11-19(10-17)14-27/h16-19H,4-15H2,1-3H3/t16-,17?,18?,19?,27?/m1/s1. The summed E-state index contributed by atoms with van der Waals surface area (Å²) in [5.41, 5.74) is 1.68. The third-order valence-corrected chi connectivity index (χ3v) is 11.2. The lowest BCUT2D eigenvalue weighted by Gasteiger charge is -2.56. The van der Waals surface area contributed by atoms with Gasteiger partial charge in [0, 0.05) is 28.8 Å². The Hall–Kier alpha value is -1.14. The molecule has 4 saturated carbocycles. The van der Waals surface area contributed by atoms with Crippen molar-refractivity contribution >= 4 is 39.2 Å². The maximum Gasteiger partial charge on any atom is 0.232 e. The zero-order chi connectivity index (χ0) is 22.7. The molecule has 5 aliphatic carbocycles. The molecule has 1 amide bonds.